The number of amides is 1. The summed E-state index contributed by atoms with van der Waals surface area (Å²) < 4.78 is 5.43. The maximum absolute atomic E-state index is 12.6. The number of nitrogens with one attached hydrogen (secondary N) is 2. The van der Waals surface area contributed by atoms with Crippen molar-refractivity contribution in [1.29, 1.82) is 0 Å². The standard InChI is InChI=1S/C21H24N4O2/c1-5-21(2,3)18-15(22-13-23-18)12-17-20(27-4)25-16(19(26)24-17)11-14-9-7-6-8-10-14/h5-10,12-13,16H,1,11H2,2-4H3,(H,22,23)(H,24,26)/b17-12-. The van der Waals surface area contributed by atoms with E-state index in [2.05, 4.69) is 26.9 Å². The fourth-order valence-electron chi connectivity index (χ4n) is 2.94. The van der Waals surface area contributed by atoms with E-state index < -0.39 is 6.04 Å². The molecule has 1 aliphatic heterocycles. The van der Waals surface area contributed by atoms with Crippen LogP contribution in [-0.2, 0) is 21.4 Å². The fourth-order valence-corrected chi connectivity index (χ4v) is 2.94. The first kappa shape index (κ1) is 18.6. The van der Waals surface area contributed by atoms with Crippen LogP contribution in [0, 0.1) is 0 Å². The molecular formula is C21H24N4O2. The monoisotopic (exact) mass is 364 g/mol. The van der Waals surface area contributed by atoms with Crippen LogP contribution in [0.4, 0.5) is 0 Å². The number of carbonyl (C=O) groups is 1. The van der Waals surface area contributed by atoms with Crippen molar-refractivity contribution >= 4 is 17.9 Å². The summed E-state index contributed by atoms with van der Waals surface area (Å²) in [4.78, 5) is 24.6. The molecule has 2 N–H and O–H groups in total. The van der Waals surface area contributed by atoms with E-state index in [1.165, 1.54) is 0 Å². The number of aliphatic imine (C=N–C) groups is 1. The summed E-state index contributed by atoms with van der Waals surface area (Å²) in [6.45, 7) is 7.96. The molecule has 1 aliphatic rings. The molecule has 0 fully saturated rings. The van der Waals surface area contributed by atoms with Gasteiger partial charge in [-0.25, -0.2) is 9.98 Å². The molecule has 1 unspecified atom stereocenters. The van der Waals surface area contributed by atoms with Gasteiger partial charge in [-0.1, -0.05) is 50.3 Å². The number of aromatic amines is 1. The van der Waals surface area contributed by atoms with E-state index in [1.54, 1.807) is 19.5 Å². The Kier molecular flexibility index (Phi) is 5.26. The normalized spacial score (nSPS) is 18.8. The lowest BCUT2D eigenvalue weighted by Gasteiger charge is -2.23. The SMILES string of the molecule is C=CC(C)(C)c1[nH]cnc1/C=C1\NC(=O)C(Cc2ccccc2)N=C1OC. The summed E-state index contributed by atoms with van der Waals surface area (Å²) in [6, 6.07) is 9.28. The average molecular weight is 364 g/mol. The molecule has 3 rings (SSSR count). The number of methoxy groups -OCH3 is 1. The number of rotatable bonds is 5. The molecule has 0 aliphatic carbocycles. The van der Waals surface area contributed by atoms with E-state index in [0.717, 1.165) is 11.3 Å². The Labute approximate surface area is 159 Å². The number of benzene rings is 1. The van der Waals surface area contributed by atoms with Crippen LogP contribution in [0.25, 0.3) is 6.08 Å². The van der Waals surface area contributed by atoms with Gasteiger partial charge in [-0.05, 0) is 11.6 Å². The highest BCUT2D eigenvalue weighted by Crippen LogP contribution is 2.26. The van der Waals surface area contributed by atoms with Crippen LogP contribution in [0.3, 0.4) is 0 Å². The third-order valence-electron chi connectivity index (χ3n) is 4.63. The number of carbonyl (C=O) groups excluding carboxylic acids is 1. The Hall–Kier alpha value is -3.15. The zero-order valence-corrected chi connectivity index (χ0v) is 15.8. The maximum atomic E-state index is 12.6. The molecule has 1 aromatic heterocycles. The van der Waals surface area contributed by atoms with Crippen LogP contribution >= 0.6 is 0 Å². The molecule has 0 radical (unpaired) electrons. The molecule has 1 amide bonds. The predicted molar refractivity (Wildman–Crippen MR) is 106 cm³/mol. The smallest absolute Gasteiger partial charge is 0.249 e. The average Bonchev–Trinajstić information content (AvgIpc) is 3.14. The van der Waals surface area contributed by atoms with Gasteiger partial charge in [0.25, 0.3) is 0 Å². The second-order valence-corrected chi connectivity index (χ2v) is 6.98. The Morgan fingerprint density at radius 3 is 2.70 bits per heavy atom. The molecule has 6 nitrogen and oxygen atoms in total. The molecule has 0 saturated carbocycles. The number of aromatic nitrogens is 2. The van der Waals surface area contributed by atoms with Crippen molar-refractivity contribution in [2.75, 3.05) is 7.11 Å². The Balaban J connectivity index is 1.91. The van der Waals surface area contributed by atoms with E-state index in [1.807, 2.05) is 50.3 Å². The largest absolute Gasteiger partial charge is 0.480 e. The highest BCUT2D eigenvalue weighted by Gasteiger charge is 2.29. The van der Waals surface area contributed by atoms with Crippen LogP contribution in [-0.4, -0.2) is 34.9 Å². The van der Waals surface area contributed by atoms with E-state index in [0.29, 0.717) is 23.7 Å². The van der Waals surface area contributed by atoms with Gasteiger partial charge in [-0.2, -0.15) is 0 Å². The highest BCUT2D eigenvalue weighted by atomic mass is 16.5. The molecule has 0 bridgehead atoms. The number of hydrogen-bond acceptors (Lipinski definition) is 4. The molecule has 6 heteroatoms. The van der Waals surface area contributed by atoms with Gasteiger partial charge in [-0.3, -0.25) is 4.79 Å². The maximum Gasteiger partial charge on any atom is 0.249 e. The Morgan fingerprint density at radius 2 is 2.04 bits per heavy atom. The number of ether oxygens (including phenoxy) is 1. The van der Waals surface area contributed by atoms with Crippen molar-refractivity contribution in [3.05, 3.63) is 72.0 Å². The topological polar surface area (TPSA) is 79.4 Å². The van der Waals surface area contributed by atoms with Crippen LogP contribution in [0.1, 0.15) is 30.8 Å². The van der Waals surface area contributed by atoms with Gasteiger partial charge in [0.15, 0.2) is 0 Å². The second kappa shape index (κ2) is 7.61. The molecule has 1 aromatic carbocycles. The minimum Gasteiger partial charge on any atom is -0.480 e. The van der Waals surface area contributed by atoms with Crippen LogP contribution in [0.15, 0.2) is 60.0 Å². The van der Waals surface area contributed by atoms with E-state index >= 15 is 0 Å². The lowest BCUT2D eigenvalue weighted by molar-refractivity contribution is -0.121. The van der Waals surface area contributed by atoms with Gasteiger partial charge in [0.05, 0.1) is 24.8 Å². The summed E-state index contributed by atoms with van der Waals surface area (Å²) in [5, 5.41) is 2.91. The summed E-state index contributed by atoms with van der Waals surface area (Å²) in [7, 11) is 1.54. The van der Waals surface area contributed by atoms with Crippen molar-refractivity contribution in [1.82, 2.24) is 15.3 Å². The van der Waals surface area contributed by atoms with Gasteiger partial charge < -0.3 is 15.0 Å². The van der Waals surface area contributed by atoms with Crippen LogP contribution in [0.5, 0.6) is 0 Å². The number of imidazole rings is 1. The van der Waals surface area contributed by atoms with Gasteiger partial charge in [-0.15, -0.1) is 6.58 Å². The number of hydrogen-bond donors (Lipinski definition) is 2. The minimum absolute atomic E-state index is 0.161. The molecule has 2 heterocycles. The third kappa shape index (κ3) is 4.00. The summed E-state index contributed by atoms with van der Waals surface area (Å²) in [6.07, 6.45) is 5.77. The van der Waals surface area contributed by atoms with Gasteiger partial charge >= 0.3 is 0 Å². The molecule has 27 heavy (non-hydrogen) atoms. The zero-order chi connectivity index (χ0) is 19.4. The molecule has 1 atom stereocenters. The van der Waals surface area contributed by atoms with Gasteiger partial charge in [0.2, 0.25) is 11.8 Å². The van der Waals surface area contributed by atoms with Crippen molar-refractivity contribution in [3.8, 4) is 0 Å². The molecule has 2 aromatic rings. The van der Waals surface area contributed by atoms with E-state index in [4.69, 9.17) is 4.74 Å². The third-order valence-corrected chi connectivity index (χ3v) is 4.63. The van der Waals surface area contributed by atoms with E-state index in [9.17, 15) is 4.79 Å². The minimum atomic E-state index is -0.525. The first-order valence-electron chi connectivity index (χ1n) is 8.80. The van der Waals surface area contributed by atoms with Gasteiger partial charge in [0, 0.05) is 11.8 Å². The van der Waals surface area contributed by atoms with Crippen molar-refractivity contribution in [2.45, 2.75) is 31.7 Å². The lowest BCUT2D eigenvalue weighted by Crippen LogP contribution is -2.42. The number of nitrogens with zero attached hydrogens (tertiary/aromatic N) is 2. The first-order chi connectivity index (χ1) is 12.9. The quantitative estimate of drug-likeness (QED) is 0.801. The van der Waals surface area contributed by atoms with Crippen molar-refractivity contribution in [3.63, 3.8) is 0 Å². The van der Waals surface area contributed by atoms with Crippen molar-refractivity contribution < 1.29 is 9.53 Å². The van der Waals surface area contributed by atoms with E-state index in [-0.39, 0.29) is 11.3 Å². The van der Waals surface area contributed by atoms with Gasteiger partial charge in [0.1, 0.15) is 11.7 Å². The van der Waals surface area contributed by atoms with Crippen LogP contribution < -0.4 is 5.32 Å². The number of allylic oxidation sites excluding steroid dienone is 1. The molecule has 0 spiro atoms. The second-order valence-electron chi connectivity index (χ2n) is 6.98. The Morgan fingerprint density at radius 1 is 1.30 bits per heavy atom. The Bertz CT molecular complexity index is 894. The molecule has 0 saturated heterocycles. The predicted octanol–water partition coefficient (Wildman–Crippen LogP) is 3.00. The number of H-pyrrole nitrogens is 1. The summed E-state index contributed by atoms with van der Waals surface area (Å²) >= 11 is 0. The van der Waals surface area contributed by atoms with Crippen molar-refractivity contribution in [2.24, 2.45) is 4.99 Å². The molecular weight excluding hydrogens is 340 g/mol. The first-order valence-corrected chi connectivity index (χ1v) is 8.80. The highest BCUT2D eigenvalue weighted by molar-refractivity contribution is 6.06. The lowest BCUT2D eigenvalue weighted by atomic mass is 9.88. The zero-order valence-electron chi connectivity index (χ0n) is 15.8. The van der Waals surface area contributed by atoms with Crippen LogP contribution in [0.2, 0.25) is 0 Å². The molecule has 140 valence electrons. The fraction of sp³-hybridized carbons (Fsp3) is 0.286. The summed E-state index contributed by atoms with van der Waals surface area (Å²) in [5.41, 5.74) is 2.87. The summed E-state index contributed by atoms with van der Waals surface area (Å²) in [5.74, 6) is 0.229.